The van der Waals surface area contributed by atoms with Crippen LogP contribution in [0, 0.1) is 0 Å². The van der Waals surface area contributed by atoms with Crippen LogP contribution >= 0.6 is 0 Å². The van der Waals surface area contributed by atoms with Crippen molar-refractivity contribution in [1.82, 2.24) is 5.32 Å². The number of rotatable bonds is 8. The molecule has 0 radical (unpaired) electrons. The van der Waals surface area contributed by atoms with Gasteiger partial charge >= 0.3 is 12.0 Å². The minimum absolute atomic E-state index is 0.274. The summed E-state index contributed by atoms with van der Waals surface area (Å²) in [6.45, 7) is 2.96. The molecule has 0 saturated heterocycles. The van der Waals surface area contributed by atoms with Gasteiger partial charge in [-0.25, -0.2) is 9.59 Å². The van der Waals surface area contributed by atoms with Crippen molar-refractivity contribution >= 4 is 23.6 Å². The molecule has 164 valence electrons. The van der Waals surface area contributed by atoms with Gasteiger partial charge in [-0.15, -0.1) is 0 Å². The van der Waals surface area contributed by atoms with E-state index < -0.39 is 24.5 Å². The fourth-order valence-corrected chi connectivity index (χ4v) is 2.68. The molecule has 2 N–H and O–H groups in total. The van der Waals surface area contributed by atoms with E-state index in [4.69, 9.17) is 18.9 Å². The maximum atomic E-state index is 12.1. The Morgan fingerprint density at radius 2 is 1.74 bits per heavy atom. The van der Waals surface area contributed by atoms with Crippen LogP contribution in [0.3, 0.4) is 0 Å². The van der Waals surface area contributed by atoms with E-state index in [0.29, 0.717) is 42.8 Å². The lowest BCUT2D eigenvalue weighted by Crippen LogP contribution is -2.37. The molecule has 9 heteroatoms. The third-order valence-electron chi connectivity index (χ3n) is 4.24. The summed E-state index contributed by atoms with van der Waals surface area (Å²) in [5.41, 5.74) is 0.698. The van der Waals surface area contributed by atoms with Crippen molar-refractivity contribution in [3.05, 3.63) is 48.0 Å². The molecule has 31 heavy (non-hydrogen) atoms. The highest BCUT2D eigenvalue weighted by atomic mass is 16.6. The summed E-state index contributed by atoms with van der Waals surface area (Å²) < 4.78 is 21.3. The molecule has 0 aliphatic carbocycles. The van der Waals surface area contributed by atoms with Gasteiger partial charge in [0, 0.05) is 11.8 Å². The average Bonchev–Trinajstić information content (AvgIpc) is 2.78. The Morgan fingerprint density at radius 1 is 1.00 bits per heavy atom. The summed E-state index contributed by atoms with van der Waals surface area (Å²) in [7, 11) is 0. The third-order valence-corrected chi connectivity index (χ3v) is 4.24. The monoisotopic (exact) mass is 428 g/mol. The lowest BCUT2D eigenvalue weighted by Gasteiger charge is -2.19. The fraction of sp³-hybridized carbons (Fsp3) is 0.318. The number of esters is 1. The predicted molar refractivity (Wildman–Crippen MR) is 112 cm³/mol. The van der Waals surface area contributed by atoms with Crippen molar-refractivity contribution in [2.45, 2.75) is 19.8 Å². The smallest absolute Gasteiger partial charge is 0.338 e. The summed E-state index contributed by atoms with van der Waals surface area (Å²) in [5, 5.41) is 4.60. The molecule has 0 fully saturated rings. The Balaban J connectivity index is 1.42. The van der Waals surface area contributed by atoms with Crippen molar-refractivity contribution in [2.24, 2.45) is 0 Å². The van der Waals surface area contributed by atoms with Crippen LogP contribution in [-0.4, -0.2) is 44.3 Å². The molecule has 0 unspecified atom stereocenters. The fourth-order valence-electron chi connectivity index (χ4n) is 2.68. The van der Waals surface area contributed by atoms with Gasteiger partial charge in [-0.2, -0.15) is 0 Å². The van der Waals surface area contributed by atoms with Crippen LogP contribution in [0.4, 0.5) is 10.5 Å². The van der Waals surface area contributed by atoms with Crippen molar-refractivity contribution in [3.63, 3.8) is 0 Å². The van der Waals surface area contributed by atoms with Gasteiger partial charge in [0.25, 0.3) is 5.91 Å². The maximum absolute atomic E-state index is 12.1. The molecule has 3 amide bonds. The van der Waals surface area contributed by atoms with Crippen LogP contribution in [0.15, 0.2) is 42.5 Å². The number of ether oxygens (including phenoxy) is 4. The highest BCUT2D eigenvalue weighted by Gasteiger charge is 2.15. The first-order chi connectivity index (χ1) is 15.0. The molecule has 0 atom stereocenters. The van der Waals surface area contributed by atoms with E-state index in [9.17, 15) is 14.4 Å². The number of unbranched alkanes of at least 4 members (excludes halogenated alkanes) is 1. The number of hydrogen-bond acceptors (Lipinski definition) is 7. The Kier molecular flexibility index (Phi) is 7.69. The summed E-state index contributed by atoms with van der Waals surface area (Å²) in [6.07, 6.45) is 1.97. The largest absolute Gasteiger partial charge is 0.494 e. The summed E-state index contributed by atoms with van der Waals surface area (Å²) >= 11 is 0. The first-order valence-electron chi connectivity index (χ1n) is 9.95. The number of hydrogen-bond donors (Lipinski definition) is 2. The van der Waals surface area contributed by atoms with Crippen molar-refractivity contribution in [3.8, 4) is 17.2 Å². The van der Waals surface area contributed by atoms with Gasteiger partial charge in [0.2, 0.25) is 0 Å². The molecule has 2 aromatic rings. The minimum Gasteiger partial charge on any atom is -0.494 e. The van der Waals surface area contributed by atoms with Crippen molar-refractivity contribution in [1.29, 1.82) is 0 Å². The second-order valence-corrected chi connectivity index (χ2v) is 6.66. The Labute approximate surface area is 179 Å². The number of nitrogens with one attached hydrogen (secondary N) is 2. The second-order valence-electron chi connectivity index (χ2n) is 6.66. The zero-order chi connectivity index (χ0) is 22.1. The average molecular weight is 428 g/mol. The zero-order valence-corrected chi connectivity index (χ0v) is 17.1. The lowest BCUT2D eigenvalue weighted by molar-refractivity contribution is -0.123. The van der Waals surface area contributed by atoms with E-state index >= 15 is 0 Å². The number of anilines is 1. The predicted octanol–water partition coefficient (Wildman–Crippen LogP) is 3.14. The Bertz CT molecular complexity index is 928. The van der Waals surface area contributed by atoms with Gasteiger partial charge in [0.05, 0.1) is 12.2 Å². The van der Waals surface area contributed by atoms with E-state index in [1.807, 2.05) is 0 Å². The normalized spacial score (nSPS) is 11.9. The Hall–Kier alpha value is -3.75. The summed E-state index contributed by atoms with van der Waals surface area (Å²) in [5.74, 6) is 0.302. The number of benzene rings is 2. The van der Waals surface area contributed by atoms with Gasteiger partial charge in [0.15, 0.2) is 18.1 Å². The topological polar surface area (TPSA) is 112 Å². The van der Waals surface area contributed by atoms with Crippen LogP contribution in [0.1, 0.15) is 30.1 Å². The minimum atomic E-state index is -0.761. The first-order valence-corrected chi connectivity index (χ1v) is 9.95. The number of fused-ring (bicyclic) bond motifs is 1. The Morgan fingerprint density at radius 3 is 2.48 bits per heavy atom. The van der Waals surface area contributed by atoms with Gasteiger partial charge in [0.1, 0.15) is 19.0 Å². The summed E-state index contributed by atoms with van der Waals surface area (Å²) in [6, 6.07) is 10.5. The van der Waals surface area contributed by atoms with E-state index in [-0.39, 0.29) is 5.56 Å². The molecule has 0 bridgehead atoms. The third kappa shape index (κ3) is 6.63. The van der Waals surface area contributed by atoms with E-state index in [1.165, 1.54) is 0 Å². The molecular weight excluding hydrogens is 404 g/mol. The van der Waals surface area contributed by atoms with Crippen LogP contribution in [0.25, 0.3) is 0 Å². The molecule has 0 spiro atoms. The van der Waals surface area contributed by atoms with Gasteiger partial charge in [-0.05, 0) is 42.8 Å². The van der Waals surface area contributed by atoms with Gasteiger partial charge in [-0.3, -0.25) is 10.1 Å². The number of urea groups is 1. The van der Waals surface area contributed by atoms with Crippen molar-refractivity contribution < 1.29 is 33.3 Å². The number of amides is 3. The molecule has 1 heterocycles. The molecule has 3 rings (SSSR count). The first kappa shape index (κ1) is 21.9. The number of carbonyl (C=O) groups is 3. The molecule has 9 nitrogen and oxygen atoms in total. The molecule has 0 aromatic heterocycles. The molecule has 1 aliphatic heterocycles. The van der Waals surface area contributed by atoms with E-state index in [0.717, 1.165) is 12.8 Å². The van der Waals surface area contributed by atoms with Crippen LogP contribution in [0.2, 0.25) is 0 Å². The van der Waals surface area contributed by atoms with E-state index in [1.54, 1.807) is 42.5 Å². The highest BCUT2D eigenvalue weighted by molar-refractivity contribution is 6.02. The highest BCUT2D eigenvalue weighted by Crippen LogP contribution is 2.32. The van der Waals surface area contributed by atoms with Crippen molar-refractivity contribution in [2.75, 3.05) is 31.7 Å². The second kappa shape index (κ2) is 10.9. The number of imide groups is 1. The van der Waals surface area contributed by atoms with Crippen LogP contribution in [-0.2, 0) is 9.53 Å². The van der Waals surface area contributed by atoms with Gasteiger partial charge < -0.3 is 24.3 Å². The van der Waals surface area contributed by atoms with E-state index in [2.05, 4.69) is 17.6 Å². The van der Waals surface area contributed by atoms with Crippen LogP contribution in [0.5, 0.6) is 17.2 Å². The molecule has 0 saturated carbocycles. The number of carbonyl (C=O) groups excluding carboxylic acids is 3. The molecular formula is C22H24N2O7. The van der Waals surface area contributed by atoms with Crippen LogP contribution < -0.4 is 24.8 Å². The standard InChI is InChI=1S/C22H24N2O7/c1-2-3-10-28-17-7-4-15(5-8-17)21(26)31-14-20(25)24-22(27)23-16-6-9-18-19(13-16)30-12-11-29-18/h4-9,13H,2-3,10-12,14H2,1H3,(H2,23,24,25,27). The lowest BCUT2D eigenvalue weighted by atomic mass is 10.2. The van der Waals surface area contributed by atoms with Gasteiger partial charge in [-0.1, -0.05) is 13.3 Å². The zero-order valence-electron chi connectivity index (χ0n) is 17.1. The SMILES string of the molecule is CCCCOc1ccc(C(=O)OCC(=O)NC(=O)Nc2ccc3c(c2)OCCO3)cc1. The maximum Gasteiger partial charge on any atom is 0.338 e. The quantitative estimate of drug-likeness (QED) is 0.491. The summed E-state index contributed by atoms with van der Waals surface area (Å²) in [4.78, 5) is 35.9. The molecule has 2 aromatic carbocycles. The molecule has 1 aliphatic rings.